The molecule has 1 amide bonds. The number of carbonyl (C=O) groups is 1. The largest absolute Gasteiger partial charge is 0.321 e. The highest BCUT2D eigenvalue weighted by Crippen LogP contribution is 2.32. The second kappa shape index (κ2) is 9.35. The summed E-state index contributed by atoms with van der Waals surface area (Å²) in [6.07, 6.45) is 1.17. The number of benzene rings is 3. The second-order valence-corrected chi connectivity index (χ2v) is 11.5. The van der Waals surface area contributed by atoms with Crippen molar-refractivity contribution in [3.63, 3.8) is 0 Å². The summed E-state index contributed by atoms with van der Waals surface area (Å²) in [4.78, 5) is 13.3. The fourth-order valence-corrected chi connectivity index (χ4v) is 5.44. The molecule has 1 N–H and O–H groups in total. The molecule has 0 aliphatic heterocycles. The summed E-state index contributed by atoms with van der Waals surface area (Å²) in [5, 5.41) is 4.81. The lowest BCUT2D eigenvalue weighted by molar-refractivity contribution is 0.103. The van der Waals surface area contributed by atoms with Gasteiger partial charge in [-0.05, 0) is 72.0 Å². The van der Waals surface area contributed by atoms with Gasteiger partial charge in [0, 0.05) is 20.4 Å². The van der Waals surface area contributed by atoms with Crippen LogP contribution in [0.2, 0.25) is 10.0 Å². The Morgan fingerprint density at radius 3 is 2.39 bits per heavy atom. The lowest BCUT2D eigenvalue weighted by Gasteiger charge is -2.22. The van der Waals surface area contributed by atoms with Crippen molar-refractivity contribution < 1.29 is 13.2 Å². The van der Waals surface area contributed by atoms with Crippen LogP contribution in [0.5, 0.6) is 0 Å². The first-order chi connectivity index (χ1) is 15.6. The van der Waals surface area contributed by atoms with E-state index in [4.69, 9.17) is 23.2 Å². The first kappa shape index (κ1) is 23.6. The number of hydrogen-bond donors (Lipinski definition) is 1. The Kier molecular flexibility index (Phi) is 6.68. The summed E-state index contributed by atoms with van der Waals surface area (Å²) in [5.41, 5.74) is 2.88. The molecule has 0 saturated carbocycles. The van der Waals surface area contributed by atoms with Crippen LogP contribution in [-0.4, -0.2) is 20.6 Å². The third-order valence-electron chi connectivity index (χ3n) is 5.08. The van der Waals surface area contributed by atoms with E-state index in [2.05, 4.69) is 5.32 Å². The maximum Gasteiger partial charge on any atom is 0.265 e. The van der Waals surface area contributed by atoms with Crippen LogP contribution in [0.15, 0.2) is 66.7 Å². The molecular formula is C24H20Cl2N2O3S2. The van der Waals surface area contributed by atoms with Crippen molar-refractivity contribution in [1.29, 1.82) is 0 Å². The van der Waals surface area contributed by atoms with E-state index in [9.17, 15) is 13.2 Å². The Labute approximate surface area is 206 Å². The van der Waals surface area contributed by atoms with Crippen LogP contribution in [0.1, 0.15) is 20.8 Å². The summed E-state index contributed by atoms with van der Waals surface area (Å²) in [6.45, 7) is 2.07. The zero-order valence-electron chi connectivity index (χ0n) is 17.8. The van der Waals surface area contributed by atoms with Gasteiger partial charge in [0.15, 0.2) is 0 Å². The third-order valence-corrected chi connectivity index (χ3v) is 8.00. The monoisotopic (exact) mass is 518 g/mol. The number of anilines is 2. The highest BCUT2D eigenvalue weighted by molar-refractivity contribution is 7.92. The van der Waals surface area contributed by atoms with Gasteiger partial charge in [0.25, 0.3) is 5.91 Å². The van der Waals surface area contributed by atoms with Gasteiger partial charge in [-0.2, -0.15) is 0 Å². The van der Waals surface area contributed by atoms with Crippen molar-refractivity contribution in [3.8, 4) is 0 Å². The molecule has 1 aromatic heterocycles. The van der Waals surface area contributed by atoms with Crippen molar-refractivity contribution in [1.82, 2.24) is 0 Å². The Morgan fingerprint density at radius 2 is 1.73 bits per heavy atom. The van der Waals surface area contributed by atoms with Gasteiger partial charge in [-0.3, -0.25) is 9.10 Å². The molecule has 0 saturated heterocycles. The summed E-state index contributed by atoms with van der Waals surface area (Å²) in [7, 11) is -3.54. The number of aryl methyl sites for hydroxylation is 1. The number of nitrogens with zero attached hydrogens (tertiary/aromatic N) is 1. The summed E-state index contributed by atoms with van der Waals surface area (Å²) >= 11 is 13.4. The minimum absolute atomic E-state index is 0.174. The van der Waals surface area contributed by atoms with Crippen molar-refractivity contribution in [2.45, 2.75) is 13.5 Å². The van der Waals surface area contributed by atoms with Crippen LogP contribution in [0, 0.1) is 6.92 Å². The molecule has 0 bridgehead atoms. The van der Waals surface area contributed by atoms with E-state index < -0.39 is 10.0 Å². The number of fused-ring (bicyclic) bond motifs is 1. The predicted octanol–water partition coefficient (Wildman–Crippen LogP) is 6.74. The summed E-state index contributed by atoms with van der Waals surface area (Å²) in [6, 6.07) is 19.5. The average Bonchev–Trinajstić information content (AvgIpc) is 3.18. The van der Waals surface area contributed by atoms with E-state index in [1.807, 2.05) is 19.1 Å². The van der Waals surface area contributed by atoms with E-state index >= 15 is 0 Å². The molecule has 0 radical (unpaired) electrons. The molecule has 0 aliphatic rings. The molecular weight excluding hydrogens is 499 g/mol. The molecule has 1 heterocycles. The molecule has 5 nitrogen and oxygen atoms in total. The zero-order valence-corrected chi connectivity index (χ0v) is 20.9. The van der Waals surface area contributed by atoms with E-state index in [0.29, 0.717) is 26.3 Å². The number of amides is 1. The SMILES string of the molecule is Cc1ccc(NC(=O)c2cc3cc(N(Cc4ccc(Cl)cc4)S(C)(=O)=O)ccc3s2)cc1Cl. The Morgan fingerprint density at radius 1 is 1.00 bits per heavy atom. The molecule has 4 rings (SSSR count). The first-order valence-electron chi connectivity index (χ1n) is 9.93. The standard InChI is InChI=1S/C24H20Cl2N2O3S2/c1-15-3-8-19(13-21(15)26)27-24(29)23-12-17-11-20(9-10-22(17)32-23)28(33(2,30)31)14-16-4-6-18(25)7-5-16/h3-13H,14H2,1-2H3,(H,27,29). The minimum atomic E-state index is -3.54. The maximum atomic E-state index is 12.8. The maximum absolute atomic E-state index is 12.8. The van der Waals surface area contributed by atoms with Crippen molar-refractivity contribution in [3.05, 3.63) is 92.8 Å². The number of nitrogens with one attached hydrogen (secondary N) is 1. The van der Waals surface area contributed by atoms with E-state index in [-0.39, 0.29) is 12.5 Å². The molecule has 0 atom stereocenters. The normalized spacial score (nSPS) is 11.5. The molecule has 170 valence electrons. The summed E-state index contributed by atoms with van der Waals surface area (Å²) < 4.78 is 27.3. The number of sulfonamides is 1. The van der Waals surface area contributed by atoms with Gasteiger partial charge < -0.3 is 5.32 Å². The van der Waals surface area contributed by atoms with Crippen LogP contribution in [0.4, 0.5) is 11.4 Å². The van der Waals surface area contributed by atoms with E-state index in [0.717, 1.165) is 21.2 Å². The van der Waals surface area contributed by atoms with Crippen LogP contribution in [0.3, 0.4) is 0 Å². The van der Waals surface area contributed by atoms with Crippen LogP contribution < -0.4 is 9.62 Å². The molecule has 0 fully saturated rings. The predicted molar refractivity (Wildman–Crippen MR) is 138 cm³/mol. The third kappa shape index (κ3) is 5.50. The Balaban J connectivity index is 1.62. The van der Waals surface area contributed by atoms with Crippen LogP contribution in [0.25, 0.3) is 10.1 Å². The van der Waals surface area contributed by atoms with Gasteiger partial charge in [0.2, 0.25) is 10.0 Å². The van der Waals surface area contributed by atoms with Crippen molar-refractivity contribution in [2.24, 2.45) is 0 Å². The topological polar surface area (TPSA) is 66.5 Å². The Bertz CT molecular complexity index is 1450. The van der Waals surface area contributed by atoms with E-state index in [1.54, 1.807) is 54.6 Å². The molecule has 0 spiro atoms. The average molecular weight is 519 g/mol. The molecule has 33 heavy (non-hydrogen) atoms. The lowest BCUT2D eigenvalue weighted by atomic mass is 10.2. The van der Waals surface area contributed by atoms with Crippen molar-refractivity contribution >= 4 is 71.9 Å². The van der Waals surface area contributed by atoms with Gasteiger partial charge in [-0.15, -0.1) is 11.3 Å². The fourth-order valence-electron chi connectivity index (χ4n) is 3.32. The number of rotatable bonds is 6. The quantitative estimate of drug-likeness (QED) is 0.307. The van der Waals surface area contributed by atoms with Gasteiger partial charge in [-0.25, -0.2) is 8.42 Å². The summed E-state index contributed by atoms with van der Waals surface area (Å²) in [5.74, 6) is -0.251. The number of thiophene rings is 1. The molecule has 3 aromatic carbocycles. The minimum Gasteiger partial charge on any atom is -0.321 e. The van der Waals surface area contributed by atoms with E-state index in [1.165, 1.54) is 21.9 Å². The zero-order chi connectivity index (χ0) is 23.8. The van der Waals surface area contributed by atoms with Gasteiger partial charge in [0.05, 0.1) is 23.4 Å². The number of carbonyl (C=O) groups excluding carboxylic acids is 1. The smallest absolute Gasteiger partial charge is 0.265 e. The Hall–Kier alpha value is -2.58. The highest BCUT2D eigenvalue weighted by Gasteiger charge is 2.19. The van der Waals surface area contributed by atoms with Gasteiger partial charge in [0.1, 0.15) is 0 Å². The van der Waals surface area contributed by atoms with Crippen LogP contribution >= 0.6 is 34.5 Å². The number of hydrogen-bond acceptors (Lipinski definition) is 4. The van der Waals surface area contributed by atoms with Gasteiger partial charge >= 0.3 is 0 Å². The molecule has 9 heteroatoms. The molecule has 0 unspecified atom stereocenters. The van der Waals surface area contributed by atoms with Gasteiger partial charge in [-0.1, -0.05) is 41.4 Å². The highest BCUT2D eigenvalue weighted by atomic mass is 35.5. The fraction of sp³-hybridized carbons (Fsp3) is 0.125. The van der Waals surface area contributed by atoms with Crippen molar-refractivity contribution in [2.75, 3.05) is 15.9 Å². The second-order valence-electron chi connectivity index (χ2n) is 7.65. The molecule has 0 aliphatic carbocycles. The lowest BCUT2D eigenvalue weighted by Crippen LogP contribution is -2.29. The molecule has 4 aromatic rings. The van der Waals surface area contributed by atoms with Crippen LogP contribution in [-0.2, 0) is 16.6 Å². The number of halogens is 2. The first-order valence-corrected chi connectivity index (χ1v) is 13.4.